The van der Waals surface area contributed by atoms with Gasteiger partial charge in [-0.15, -0.1) is 0 Å². The molecule has 1 nitrogen and oxygen atoms in total. The molecule has 18 heavy (non-hydrogen) atoms. The molecule has 0 aromatic heterocycles. The SMILES string of the molecule is CCCCCCCCCN(CCBr)CC(F)(F)F. The molecule has 0 aromatic carbocycles. The summed E-state index contributed by atoms with van der Waals surface area (Å²) in [5.74, 6) is 0. The zero-order valence-corrected chi connectivity index (χ0v) is 12.8. The van der Waals surface area contributed by atoms with Gasteiger partial charge in [-0.2, -0.15) is 13.2 Å². The third-order valence-corrected chi connectivity index (χ3v) is 3.24. The van der Waals surface area contributed by atoms with E-state index >= 15 is 0 Å². The molecular weight excluding hydrogens is 307 g/mol. The van der Waals surface area contributed by atoms with E-state index in [1.807, 2.05) is 0 Å². The summed E-state index contributed by atoms with van der Waals surface area (Å²) >= 11 is 3.20. The van der Waals surface area contributed by atoms with Crippen molar-refractivity contribution in [1.29, 1.82) is 0 Å². The van der Waals surface area contributed by atoms with Crippen LogP contribution in [0.3, 0.4) is 0 Å². The van der Waals surface area contributed by atoms with Crippen LogP contribution >= 0.6 is 15.9 Å². The topological polar surface area (TPSA) is 3.24 Å². The Morgan fingerprint density at radius 2 is 1.44 bits per heavy atom. The maximum absolute atomic E-state index is 12.3. The molecule has 0 heterocycles. The molecule has 0 bridgehead atoms. The molecule has 5 heteroatoms. The van der Waals surface area contributed by atoms with Gasteiger partial charge in [-0.1, -0.05) is 61.4 Å². The second-order valence-corrected chi connectivity index (χ2v) is 5.49. The van der Waals surface area contributed by atoms with Gasteiger partial charge in [-0.05, 0) is 13.0 Å². The Labute approximate surface area is 117 Å². The number of rotatable bonds is 11. The normalized spacial score (nSPS) is 12.3. The van der Waals surface area contributed by atoms with Gasteiger partial charge in [-0.3, -0.25) is 4.90 Å². The maximum Gasteiger partial charge on any atom is 0.401 e. The van der Waals surface area contributed by atoms with Gasteiger partial charge >= 0.3 is 6.18 Å². The van der Waals surface area contributed by atoms with Gasteiger partial charge in [0.1, 0.15) is 0 Å². The van der Waals surface area contributed by atoms with E-state index in [1.54, 1.807) is 0 Å². The maximum atomic E-state index is 12.3. The first-order chi connectivity index (χ1) is 8.49. The molecule has 0 radical (unpaired) electrons. The summed E-state index contributed by atoms with van der Waals surface area (Å²) in [6.07, 6.45) is 3.94. The van der Waals surface area contributed by atoms with Crippen LogP contribution in [0.4, 0.5) is 13.2 Å². The van der Waals surface area contributed by atoms with Crippen LogP contribution in [0, 0.1) is 0 Å². The molecule has 0 atom stereocenters. The van der Waals surface area contributed by atoms with Gasteiger partial charge < -0.3 is 0 Å². The number of unbranched alkanes of at least 4 members (excludes halogenated alkanes) is 6. The molecular formula is C13H25BrF3N. The highest BCUT2D eigenvalue weighted by Crippen LogP contribution is 2.17. The Balaban J connectivity index is 3.58. The number of halogens is 4. The molecule has 0 rings (SSSR count). The Bertz CT molecular complexity index is 186. The van der Waals surface area contributed by atoms with E-state index in [-0.39, 0.29) is 0 Å². The smallest absolute Gasteiger partial charge is 0.294 e. The van der Waals surface area contributed by atoms with E-state index in [1.165, 1.54) is 30.6 Å². The van der Waals surface area contributed by atoms with Crippen LogP contribution in [-0.4, -0.2) is 36.0 Å². The minimum atomic E-state index is -4.08. The highest BCUT2D eigenvalue weighted by molar-refractivity contribution is 9.09. The van der Waals surface area contributed by atoms with Crippen LogP contribution < -0.4 is 0 Å². The van der Waals surface area contributed by atoms with Crippen molar-refractivity contribution >= 4 is 15.9 Å². The molecule has 110 valence electrons. The molecule has 0 amide bonds. The molecule has 0 spiro atoms. The first-order valence-corrected chi connectivity index (χ1v) is 7.97. The molecule has 0 aliphatic carbocycles. The highest BCUT2D eigenvalue weighted by Gasteiger charge is 2.29. The summed E-state index contributed by atoms with van der Waals surface area (Å²) in [5.41, 5.74) is 0. The van der Waals surface area contributed by atoms with Crippen molar-refractivity contribution in [2.75, 3.05) is 25.0 Å². The van der Waals surface area contributed by atoms with Crippen molar-refractivity contribution in [3.63, 3.8) is 0 Å². The van der Waals surface area contributed by atoms with Gasteiger partial charge in [0.2, 0.25) is 0 Å². The summed E-state index contributed by atoms with van der Waals surface area (Å²) in [6.45, 7) is 2.41. The fourth-order valence-electron chi connectivity index (χ4n) is 1.94. The fourth-order valence-corrected chi connectivity index (χ4v) is 2.44. The molecule has 0 aromatic rings. The summed E-state index contributed by atoms with van der Waals surface area (Å²) in [4.78, 5) is 1.49. The summed E-state index contributed by atoms with van der Waals surface area (Å²) in [5, 5.41) is 0.597. The predicted octanol–water partition coefficient (Wildman–Crippen LogP) is 5.00. The van der Waals surface area contributed by atoms with E-state index in [0.717, 1.165) is 19.3 Å². The Hall–Kier alpha value is 0.230. The first kappa shape index (κ1) is 18.2. The number of alkyl halides is 4. The zero-order valence-electron chi connectivity index (χ0n) is 11.2. The van der Waals surface area contributed by atoms with Gasteiger partial charge in [0.25, 0.3) is 0 Å². The van der Waals surface area contributed by atoms with Crippen molar-refractivity contribution in [2.24, 2.45) is 0 Å². The van der Waals surface area contributed by atoms with Crippen LogP contribution in [0.1, 0.15) is 51.9 Å². The second kappa shape index (κ2) is 11.1. The third-order valence-electron chi connectivity index (χ3n) is 2.88. The van der Waals surface area contributed by atoms with E-state index in [2.05, 4.69) is 22.9 Å². The van der Waals surface area contributed by atoms with Gasteiger partial charge in [-0.25, -0.2) is 0 Å². The van der Waals surface area contributed by atoms with Crippen molar-refractivity contribution in [3.8, 4) is 0 Å². The predicted molar refractivity (Wildman–Crippen MR) is 74.3 cm³/mol. The van der Waals surface area contributed by atoms with Crippen LogP contribution in [-0.2, 0) is 0 Å². The lowest BCUT2D eigenvalue weighted by Crippen LogP contribution is -2.36. The molecule has 0 fully saturated rings. The second-order valence-electron chi connectivity index (χ2n) is 4.70. The van der Waals surface area contributed by atoms with Crippen LogP contribution in [0.2, 0.25) is 0 Å². The van der Waals surface area contributed by atoms with Crippen LogP contribution in [0.15, 0.2) is 0 Å². The zero-order chi connectivity index (χ0) is 13.9. The summed E-state index contributed by atoms with van der Waals surface area (Å²) in [6, 6.07) is 0. The average molecular weight is 332 g/mol. The third kappa shape index (κ3) is 12.7. The molecule has 0 unspecified atom stereocenters. The van der Waals surface area contributed by atoms with Crippen molar-refractivity contribution in [3.05, 3.63) is 0 Å². The minimum absolute atomic E-state index is 0.468. The Morgan fingerprint density at radius 3 is 1.94 bits per heavy atom. The largest absolute Gasteiger partial charge is 0.401 e. The Kier molecular flexibility index (Phi) is 11.2. The lowest BCUT2D eigenvalue weighted by atomic mass is 10.1. The standard InChI is InChI=1S/C13H25BrF3N/c1-2-3-4-5-6-7-8-10-18(11-9-14)12-13(15,16)17/h2-12H2,1H3. The average Bonchev–Trinajstić information content (AvgIpc) is 2.26. The number of nitrogens with zero attached hydrogens (tertiary/aromatic N) is 1. The van der Waals surface area contributed by atoms with Crippen molar-refractivity contribution in [2.45, 2.75) is 58.0 Å². The molecule has 0 saturated carbocycles. The molecule has 0 N–H and O–H groups in total. The first-order valence-electron chi connectivity index (χ1n) is 6.84. The minimum Gasteiger partial charge on any atom is -0.294 e. The van der Waals surface area contributed by atoms with Crippen LogP contribution in [0.25, 0.3) is 0 Å². The molecule has 0 aliphatic rings. The summed E-state index contributed by atoms with van der Waals surface area (Å²) in [7, 11) is 0. The van der Waals surface area contributed by atoms with Crippen LogP contribution in [0.5, 0.6) is 0 Å². The number of hydrogen-bond acceptors (Lipinski definition) is 1. The van der Waals surface area contributed by atoms with E-state index < -0.39 is 12.7 Å². The van der Waals surface area contributed by atoms with Crippen molar-refractivity contribution in [1.82, 2.24) is 4.90 Å². The van der Waals surface area contributed by atoms with E-state index in [4.69, 9.17) is 0 Å². The highest BCUT2D eigenvalue weighted by atomic mass is 79.9. The lowest BCUT2D eigenvalue weighted by Gasteiger charge is -2.22. The van der Waals surface area contributed by atoms with Crippen molar-refractivity contribution < 1.29 is 13.2 Å². The van der Waals surface area contributed by atoms with Gasteiger partial charge in [0, 0.05) is 11.9 Å². The molecule has 0 aliphatic heterocycles. The monoisotopic (exact) mass is 331 g/mol. The number of hydrogen-bond donors (Lipinski definition) is 0. The van der Waals surface area contributed by atoms with Gasteiger partial charge in [0.15, 0.2) is 0 Å². The summed E-state index contributed by atoms with van der Waals surface area (Å²) < 4.78 is 36.9. The van der Waals surface area contributed by atoms with Gasteiger partial charge in [0.05, 0.1) is 6.54 Å². The van der Waals surface area contributed by atoms with E-state index in [9.17, 15) is 13.2 Å². The van der Waals surface area contributed by atoms with E-state index in [0.29, 0.717) is 18.4 Å². The quantitative estimate of drug-likeness (QED) is 0.380. The lowest BCUT2D eigenvalue weighted by molar-refractivity contribution is -0.145. The molecule has 0 saturated heterocycles. The fraction of sp³-hybridized carbons (Fsp3) is 1.00. The Morgan fingerprint density at radius 1 is 0.889 bits per heavy atom.